The minimum Gasteiger partial charge on any atom is -0.493 e. The van der Waals surface area contributed by atoms with Crippen LogP contribution in [0, 0.1) is 0 Å². The molecule has 1 heterocycles. The molecule has 0 saturated heterocycles. The van der Waals surface area contributed by atoms with Crippen LogP contribution < -0.4 is 14.3 Å². The van der Waals surface area contributed by atoms with Crippen molar-refractivity contribution in [2.75, 3.05) is 14.2 Å². The van der Waals surface area contributed by atoms with Gasteiger partial charge in [-0.15, -0.1) is 6.58 Å². The predicted octanol–water partition coefficient (Wildman–Crippen LogP) is 2.74. The molecule has 6 heteroatoms. The number of carbonyl (C=O) groups is 1. The van der Waals surface area contributed by atoms with Crippen LogP contribution in [0.25, 0.3) is 10.2 Å². The summed E-state index contributed by atoms with van der Waals surface area (Å²) in [7, 11) is 3.20. The van der Waals surface area contributed by atoms with Crippen molar-refractivity contribution in [1.82, 2.24) is 4.57 Å². The maximum atomic E-state index is 11.6. The number of amides is 1. The molecule has 1 amide bonds. The first kappa shape index (κ1) is 15.3. The summed E-state index contributed by atoms with van der Waals surface area (Å²) in [5.41, 5.74) is 0.945. The van der Waals surface area contributed by atoms with Gasteiger partial charge in [0.15, 0.2) is 16.3 Å². The molecule has 5 nitrogen and oxygen atoms in total. The molecule has 0 aliphatic heterocycles. The van der Waals surface area contributed by atoms with E-state index in [9.17, 15) is 4.79 Å². The molecule has 21 heavy (non-hydrogen) atoms. The maximum absolute atomic E-state index is 11.6. The summed E-state index contributed by atoms with van der Waals surface area (Å²) < 4.78 is 13.6. The highest BCUT2D eigenvalue weighted by atomic mass is 32.1. The summed E-state index contributed by atoms with van der Waals surface area (Å²) in [5, 5.41) is 0. The van der Waals surface area contributed by atoms with E-state index in [1.807, 2.05) is 16.7 Å². The molecular weight excluding hydrogens is 288 g/mol. The monoisotopic (exact) mass is 306 g/mol. The van der Waals surface area contributed by atoms with Gasteiger partial charge in [0.2, 0.25) is 5.91 Å². The zero-order valence-corrected chi connectivity index (χ0v) is 13.2. The van der Waals surface area contributed by atoms with Gasteiger partial charge in [-0.3, -0.25) is 4.79 Å². The van der Waals surface area contributed by atoms with Crippen LogP contribution in [-0.2, 0) is 11.3 Å². The molecule has 0 radical (unpaired) electrons. The van der Waals surface area contributed by atoms with Gasteiger partial charge in [0.25, 0.3) is 0 Å². The number of carbonyl (C=O) groups excluding carboxylic acids is 1. The predicted molar refractivity (Wildman–Crippen MR) is 84.0 cm³/mol. The lowest BCUT2D eigenvalue weighted by Gasteiger charge is -2.08. The Kier molecular flexibility index (Phi) is 4.80. The molecule has 1 aromatic carbocycles. The van der Waals surface area contributed by atoms with E-state index in [2.05, 4.69) is 11.6 Å². The van der Waals surface area contributed by atoms with Crippen molar-refractivity contribution in [3.05, 3.63) is 29.6 Å². The third-order valence-corrected chi connectivity index (χ3v) is 4.06. The molecule has 0 fully saturated rings. The Balaban J connectivity index is 2.76. The molecule has 1 aromatic heterocycles. The lowest BCUT2D eigenvalue weighted by molar-refractivity contribution is -0.117. The van der Waals surface area contributed by atoms with Crippen LogP contribution in [0.2, 0.25) is 0 Å². The summed E-state index contributed by atoms with van der Waals surface area (Å²) in [4.78, 5) is 16.4. The van der Waals surface area contributed by atoms with Gasteiger partial charge in [-0.05, 0) is 0 Å². The Labute approximate surface area is 127 Å². The van der Waals surface area contributed by atoms with Crippen molar-refractivity contribution in [3.8, 4) is 11.5 Å². The Hall–Kier alpha value is -2.08. The molecule has 0 spiro atoms. The van der Waals surface area contributed by atoms with Crippen molar-refractivity contribution >= 4 is 27.5 Å². The quantitative estimate of drug-likeness (QED) is 0.798. The Morgan fingerprint density at radius 3 is 2.62 bits per heavy atom. The van der Waals surface area contributed by atoms with Crippen LogP contribution in [0.5, 0.6) is 11.5 Å². The second-order valence-corrected chi connectivity index (χ2v) is 5.33. The number of benzene rings is 1. The third-order valence-electron chi connectivity index (χ3n) is 3.02. The highest BCUT2D eigenvalue weighted by Gasteiger charge is 2.12. The zero-order chi connectivity index (χ0) is 15.4. The highest BCUT2D eigenvalue weighted by molar-refractivity contribution is 7.16. The lowest BCUT2D eigenvalue weighted by Crippen LogP contribution is -2.15. The molecule has 0 atom stereocenters. The number of aromatic nitrogens is 1. The Morgan fingerprint density at radius 2 is 2.05 bits per heavy atom. The van der Waals surface area contributed by atoms with Gasteiger partial charge in [-0.25, -0.2) is 0 Å². The van der Waals surface area contributed by atoms with Crippen LogP contribution >= 0.6 is 11.3 Å². The summed E-state index contributed by atoms with van der Waals surface area (Å²) >= 11 is 1.45. The second-order valence-electron chi connectivity index (χ2n) is 4.32. The summed E-state index contributed by atoms with van der Waals surface area (Å²) in [6, 6.07) is 3.79. The Bertz CT molecular complexity index is 743. The minimum atomic E-state index is -0.140. The van der Waals surface area contributed by atoms with Gasteiger partial charge >= 0.3 is 0 Å². The van der Waals surface area contributed by atoms with Crippen LogP contribution in [-0.4, -0.2) is 24.7 Å². The van der Waals surface area contributed by atoms with E-state index < -0.39 is 0 Å². The molecule has 0 bridgehead atoms. The van der Waals surface area contributed by atoms with E-state index in [0.717, 1.165) is 10.2 Å². The second kappa shape index (κ2) is 6.58. The first-order chi connectivity index (χ1) is 10.1. The molecular formula is C15H18N2O3S. The Morgan fingerprint density at radius 1 is 1.38 bits per heavy atom. The number of hydrogen-bond donors (Lipinski definition) is 0. The number of nitrogens with zero attached hydrogens (tertiary/aromatic N) is 2. The minimum absolute atomic E-state index is 0.140. The number of methoxy groups -OCH3 is 2. The van der Waals surface area contributed by atoms with Crippen LogP contribution in [0.3, 0.4) is 0 Å². The average molecular weight is 306 g/mol. The van der Waals surface area contributed by atoms with Crippen LogP contribution in [0.4, 0.5) is 0 Å². The van der Waals surface area contributed by atoms with Gasteiger partial charge in [0.05, 0.1) is 24.4 Å². The third kappa shape index (κ3) is 3.00. The van der Waals surface area contributed by atoms with Crippen molar-refractivity contribution in [3.63, 3.8) is 0 Å². The zero-order valence-electron chi connectivity index (χ0n) is 12.4. The van der Waals surface area contributed by atoms with E-state index in [1.165, 1.54) is 11.3 Å². The van der Waals surface area contributed by atoms with Crippen molar-refractivity contribution in [1.29, 1.82) is 0 Å². The fourth-order valence-electron chi connectivity index (χ4n) is 1.97. The highest BCUT2D eigenvalue weighted by Crippen LogP contribution is 2.33. The van der Waals surface area contributed by atoms with Gasteiger partial charge in [-0.2, -0.15) is 4.99 Å². The lowest BCUT2D eigenvalue weighted by atomic mass is 10.3. The van der Waals surface area contributed by atoms with E-state index in [1.54, 1.807) is 27.2 Å². The molecule has 0 aliphatic carbocycles. The number of allylic oxidation sites excluding steroid dienone is 1. The van der Waals surface area contributed by atoms with Crippen LogP contribution in [0.1, 0.15) is 13.3 Å². The van der Waals surface area contributed by atoms with E-state index in [-0.39, 0.29) is 5.91 Å². The topological polar surface area (TPSA) is 52.8 Å². The molecule has 0 unspecified atom stereocenters. The van der Waals surface area contributed by atoms with Crippen LogP contribution in [0.15, 0.2) is 29.8 Å². The molecule has 2 aromatic rings. The van der Waals surface area contributed by atoms with Gasteiger partial charge in [0, 0.05) is 25.1 Å². The van der Waals surface area contributed by atoms with Crippen molar-refractivity contribution < 1.29 is 14.3 Å². The average Bonchev–Trinajstić information content (AvgIpc) is 2.82. The summed E-state index contributed by atoms with van der Waals surface area (Å²) in [6.45, 7) is 6.13. The molecule has 0 N–H and O–H groups in total. The van der Waals surface area contributed by atoms with Gasteiger partial charge < -0.3 is 14.0 Å². The number of fused-ring (bicyclic) bond motifs is 1. The van der Waals surface area contributed by atoms with E-state index >= 15 is 0 Å². The summed E-state index contributed by atoms with van der Waals surface area (Å²) in [5.74, 6) is 1.16. The van der Waals surface area contributed by atoms with Gasteiger partial charge in [0.1, 0.15) is 0 Å². The number of ether oxygens (including phenoxy) is 2. The first-order valence-corrected chi connectivity index (χ1v) is 7.40. The SMILES string of the molecule is C=CCn1c(=NC(=O)CC)sc2cc(OC)c(OC)cc21. The van der Waals surface area contributed by atoms with Crippen molar-refractivity contribution in [2.24, 2.45) is 4.99 Å². The van der Waals surface area contributed by atoms with E-state index in [0.29, 0.717) is 29.3 Å². The van der Waals surface area contributed by atoms with Gasteiger partial charge in [-0.1, -0.05) is 24.3 Å². The van der Waals surface area contributed by atoms with E-state index in [4.69, 9.17) is 9.47 Å². The molecule has 2 rings (SSSR count). The number of rotatable bonds is 5. The van der Waals surface area contributed by atoms with Crippen molar-refractivity contribution in [2.45, 2.75) is 19.9 Å². The number of thiazole rings is 1. The normalized spacial score (nSPS) is 11.7. The smallest absolute Gasteiger partial charge is 0.248 e. The molecule has 0 aliphatic rings. The summed E-state index contributed by atoms with van der Waals surface area (Å²) in [6.07, 6.45) is 2.16. The maximum Gasteiger partial charge on any atom is 0.248 e. The first-order valence-electron chi connectivity index (χ1n) is 6.58. The fraction of sp³-hybridized carbons (Fsp3) is 0.333. The standard InChI is InChI=1S/C15H18N2O3S/c1-5-7-17-10-8-11(19-3)12(20-4)9-13(10)21-15(17)16-14(18)6-2/h5,8-9H,1,6-7H2,2-4H3. The molecule has 0 saturated carbocycles. The fourth-order valence-corrected chi connectivity index (χ4v) is 3.04. The number of hydrogen-bond acceptors (Lipinski definition) is 4. The molecule has 112 valence electrons. The largest absolute Gasteiger partial charge is 0.493 e.